The lowest BCUT2D eigenvalue weighted by Crippen LogP contribution is -2.63. The van der Waals surface area contributed by atoms with E-state index in [1.807, 2.05) is 0 Å². The van der Waals surface area contributed by atoms with Gasteiger partial charge in [0.1, 0.15) is 5.82 Å². The molecule has 0 saturated carbocycles. The summed E-state index contributed by atoms with van der Waals surface area (Å²) in [4.78, 5) is 32.7. The Bertz CT molecular complexity index is 1250. The van der Waals surface area contributed by atoms with Crippen molar-refractivity contribution < 1.29 is 51.1 Å². The van der Waals surface area contributed by atoms with Crippen LogP contribution in [0.1, 0.15) is 46.8 Å². The summed E-state index contributed by atoms with van der Waals surface area (Å²) in [6.45, 7) is 3.06. The molecule has 0 bridgehead atoms. The Morgan fingerprint density at radius 1 is 1.02 bits per heavy atom. The monoisotopic (exact) mass is 592 g/mol. The number of aromatic nitrogens is 2. The molecule has 9 nitrogen and oxygen atoms in total. The van der Waals surface area contributed by atoms with E-state index < -0.39 is 53.1 Å². The average Bonchev–Trinajstić information content (AvgIpc) is 3.32. The van der Waals surface area contributed by atoms with E-state index in [1.165, 1.54) is 4.90 Å². The van der Waals surface area contributed by atoms with Gasteiger partial charge in [-0.05, 0) is 31.0 Å². The highest BCUT2D eigenvalue weighted by Crippen LogP contribution is 2.32. The van der Waals surface area contributed by atoms with E-state index in [0.29, 0.717) is 31.8 Å². The zero-order valence-electron chi connectivity index (χ0n) is 22.3. The van der Waals surface area contributed by atoms with Crippen LogP contribution in [0.25, 0.3) is 0 Å². The van der Waals surface area contributed by atoms with Crippen LogP contribution >= 0.6 is 0 Å². The molecule has 41 heavy (non-hydrogen) atoms. The Morgan fingerprint density at radius 3 is 2.44 bits per heavy atom. The standard InChI is InChI=1S/C26H31F6N5O4/c27-18-14-20(29)19(28)12-16(18)11-17(33)13-22(38)36-4-5-37-21(15-36)23(34-25(37)26(30,31)32)24(39)41-8-2-1-3-35-6-9-40-10-7-35/h12,14,17H,1-11,13,15,33H2/p+1/t17-/m1/s1. The fourth-order valence-electron chi connectivity index (χ4n) is 4.94. The minimum absolute atomic E-state index is 0.00317. The third-order valence-electron chi connectivity index (χ3n) is 7.07. The number of fused-ring (bicyclic) bond motifs is 1. The van der Waals surface area contributed by atoms with E-state index in [2.05, 4.69) is 15.6 Å². The first-order valence-electron chi connectivity index (χ1n) is 13.3. The number of benzene rings is 1. The Kier molecular flexibility index (Phi) is 9.92. The van der Waals surface area contributed by atoms with Crippen LogP contribution in [-0.4, -0.2) is 83.3 Å². The second-order valence-corrected chi connectivity index (χ2v) is 10.1. The second kappa shape index (κ2) is 13.2. The van der Waals surface area contributed by atoms with Gasteiger partial charge in [-0.2, -0.15) is 13.2 Å². The molecule has 1 aromatic heterocycles. The number of alkyl halides is 3. The maximum Gasteiger partial charge on any atom is 0.449 e. The molecule has 2 aliphatic heterocycles. The molecule has 3 N–H and O–H groups in total. The van der Waals surface area contributed by atoms with Crippen molar-refractivity contribution in [3.63, 3.8) is 0 Å². The van der Waals surface area contributed by atoms with E-state index in [1.54, 1.807) is 0 Å². The number of hydrogen-bond acceptors (Lipinski definition) is 6. The van der Waals surface area contributed by atoms with Crippen molar-refractivity contribution in [1.82, 2.24) is 19.4 Å². The predicted molar refractivity (Wildman–Crippen MR) is 131 cm³/mol. The molecule has 226 valence electrons. The van der Waals surface area contributed by atoms with E-state index in [4.69, 9.17) is 9.47 Å². The van der Waals surface area contributed by atoms with Gasteiger partial charge in [-0.3, -0.25) is 9.69 Å². The van der Waals surface area contributed by atoms with Gasteiger partial charge in [0, 0.05) is 38.7 Å². The summed E-state index contributed by atoms with van der Waals surface area (Å²) in [7, 11) is 0. The normalized spacial score (nSPS) is 16.9. The molecule has 1 atom stereocenters. The third kappa shape index (κ3) is 7.77. The number of carbonyl (C=O) groups excluding carboxylic acids is 2. The molecule has 3 heterocycles. The largest absolute Gasteiger partial charge is 0.461 e. The molecule has 1 amide bonds. The van der Waals surface area contributed by atoms with Gasteiger partial charge in [0.05, 0.1) is 44.5 Å². The summed E-state index contributed by atoms with van der Waals surface area (Å²) in [6.07, 6.45) is -3.99. The highest BCUT2D eigenvalue weighted by Gasteiger charge is 2.42. The van der Waals surface area contributed by atoms with Crippen LogP contribution in [0.5, 0.6) is 0 Å². The molecule has 1 aromatic carbocycles. The Hall–Kier alpha value is -3.17. The van der Waals surface area contributed by atoms with Gasteiger partial charge in [0.15, 0.2) is 17.3 Å². The first-order valence-corrected chi connectivity index (χ1v) is 13.3. The lowest BCUT2D eigenvalue weighted by atomic mass is 10.0. The SMILES string of the molecule is [NH3+][C@@H](CC(=O)N1CCn2c(C(F)(F)F)nc(C(=O)OCCCCN3CCOCC3)c2C1)Cc1cc(F)c(F)cc1F. The molecule has 0 aliphatic carbocycles. The summed E-state index contributed by atoms with van der Waals surface area (Å²) >= 11 is 0. The molecule has 1 fully saturated rings. The minimum Gasteiger partial charge on any atom is -0.461 e. The van der Waals surface area contributed by atoms with Crippen LogP contribution in [0.2, 0.25) is 0 Å². The van der Waals surface area contributed by atoms with Crippen molar-refractivity contribution in [2.24, 2.45) is 0 Å². The van der Waals surface area contributed by atoms with Crippen molar-refractivity contribution in [3.05, 3.63) is 52.4 Å². The Balaban J connectivity index is 1.37. The van der Waals surface area contributed by atoms with Crippen molar-refractivity contribution in [2.45, 2.75) is 51.0 Å². The third-order valence-corrected chi connectivity index (χ3v) is 7.07. The second-order valence-electron chi connectivity index (χ2n) is 10.1. The number of unbranched alkanes of at least 4 members (excludes halogenated alkanes) is 1. The van der Waals surface area contributed by atoms with Crippen LogP contribution in [0.4, 0.5) is 26.3 Å². The highest BCUT2D eigenvalue weighted by atomic mass is 19.4. The van der Waals surface area contributed by atoms with Crippen LogP contribution in [0, 0.1) is 17.5 Å². The molecule has 0 unspecified atom stereocenters. The zero-order valence-corrected chi connectivity index (χ0v) is 22.3. The van der Waals surface area contributed by atoms with Crippen molar-refractivity contribution in [3.8, 4) is 0 Å². The van der Waals surface area contributed by atoms with Crippen molar-refractivity contribution in [1.29, 1.82) is 0 Å². The summed E-state index contributed by atoms with van der Waals surface area (Å²) in [5.41, 5.74) is 3.04. The van der Waals surface area contributed by atoms with Crippen LogP contribution in [-0.2, 0) is 40.0 Å². The van der Waals surface area contributed by atoms with E-state index >= 15 is 0 Å². The first kappa shape index (κ1) is 30.8. The van der Waals surface area contributed by atoms with Gasteiger partial charge in [-0.15, -0.1) is 0 Å². The minimum atomic E-state index is -4.83. The van der Waals surface area contributed by atoms with Crippen molar-refractivity contribution >= 4 is 11.9 Å². The van der Waals surface area contributed by atoms with Crippen LogP contribution < -0.4 is 5.73 Å². The molecule has 0 spiro atoms. The molecule has 2 aliphatic rings. The molecule has 15 heteroatoms. The number of quaternary nitrogens is 1. The highest BCUT2D eigenvalue weighted by molar-refractivity contribution is 5.89. The Morgan fingerprint density at radius 2 is 1.73 bits per heavy atom. The number of carbonyl (C=O) groups is 2. The summed E-state index contributed by atoms with van der Waals surface area (Å²) in [6, 6.07) is 0.376. The summed E-state index contributed by atoms with van der Waals surface area (Å²) in [5.74, 6) is -6.31. The summed E-state index contributed by atoms with van der Waals surface area (Å²) in [5, 5.41) is 0. The van der Waals surface area contributed by atoms with Gasteiger partial charge in [0.2, 0.25) is 11.7 Å². The number of amides is 1. The van der Waals surface area contributed by atoms with Gasteiger partial charge >= 0.3 is 12.1 Å². The molecular weight excluding hydrogens is 560 g/mol. The number of halogens is 6. The molecule has 0 radical (unpaired) electrons. The van der Waals surface area contributed by atoms with Gasteiger partial charge < -0.3 is 24.7 Å². The number of rotatable bonds is 10. The number of imidazole rings is 1. The number of esters is 1. The molecule has 4 rings (SSSR count). The molecular formula is C26H32F6N5O4+. The van der Waals surface area contributed by atoms with Gasteiger partial charge in [-0.1, -0.05) is 0 Å². The van der Waals surface area contributed by atoms with Crippen LogP contribution in [0.3, 0.4) is 0 Å². The van der Waals surface area contributed by atoms with E-state index in [0.717, 1.165) is 30.6 Å². The maximum absolute atomic E-state index is 14.0. The smallest absolute Gasteiger partial charge is 0.449 e. The lowest BCUT2D eigenvalue weighted by Gasteiger charge is -2.30. The first-order chi connectivity index (χ1) is 19.4. The van der Waals surface area contributed by atoms with Crippen molar-refractivity contribution in [2.75, 3.05) is 46.0 Å². The molecule has 1 saturated heterocycles. The number of morpholine rings is 1. The van der Waals surface area contributed by atoms with Gasteiger partial charge in [-0.25, -0.2) is 22.9 Å². The topological polar surface area (TPSA) is 105 Å². The average molecular weight is 593 g/mol. The van der Waals surface area contributed by atoms with E-state index in [-0.39, 0.29) is 50.3 Å². The zero-order chi connectivity index (χ0) is 29.7. The number of nitrogens with zero attached hydrogens (tertiary/aromatic N) is 4. The van der Waals surface area contributed by atoms with Crippen LogP contribution in [0.15, 0.2) is 12.1 Å². The fraction of sp³-hybridized carbons (Fsp3) is 0.577. The Labute approximate surface area is 232 Å². The number of ether oxygens (including phenoxy) is 2. The van der Waals surface area contributed by atoms with Gasteiger partial charge in [0.25, 0.3) is 0 Å². The predicted octanol–water partition coefficient (Wildman–Crippen LogP) is 2.17. The van der Waals surface area contributed by atoms with E-state index in [9.17, 15) is 35.9 Å². The maximum atomic E-state index is 14.0. The lowest BCUT2D eigenvalue weighted by molar-refractivity contribution is -0.418. The quantitative estimate of drug-likeness (QED) is 0.196. The molecule has 2 aromatic rings. The summed E-state index contributed by atoms with van der Waals surface area (Å²) < 4.78 is 93.2. The number of hydrogen-bond donors (Lipinski definition) is 1. The fourth-order valence-corrected chi connectivity index (χ4v) is 4.94.